The molecule has 5 nitrogen and oxygen atoms in total. The van der Waals surface area contributed by atoms with Gasteiger partial charge in [0.05, 0.1) is 13.2 Å². The molecule has 0 unspecified atom stereocenters. The molecule has 1 amide bonds. The Labute approximate surface area is 180 Å². The van der Waals surface area contributed by atoms with Crippen LogP contribution in [0.4, 0.5) is 0 Å². The highest BCUT2D eigenvalue weighted by Crippen LogP contribution is 2.23. The zero-order valence-corrected chi connectivity index (χ0v) is 17.5. The van der Waals surface area contributed by atoms with E-state index in [4.69, 9.17) is 33.0 Å². The van der Waals surface area contributed by atoms with Crippen molar-refractivity contribution in [2.45, 2.75) is 19.9 Å². The van der Waals surface area contributed by atoms with Gasteiger partial charge in [-0.3, -0.25) is 10.1 Å². The number of ether oxygens (including phenoxy) is 1. The monoisotopic (exact) mass is 428 g/mol. The number of thiocarbonyl (C=S) groups is 1. The SMILES string of the molecule is CCCOc1ccc(C(=O)NC(=S)NCc2ccc(-c3ccc(Cl)cc3)o2)cc1. The van der Waals surface area contributed by atoms with Gasteiger partial charge in [0.2, 0.25) is 0 Å². The van der Waals surface area contributed by atoms with Crippen LogP contribution in [0.3, 0.4) is 0 Å². The molecule has 7 heteroatoms. The summed E-state index contributed by atoms with van der Waals surface area (Å²) in [6, 6.07) is 18.1. The molecule has 0 fully saturated rings. The maximum absolute atomic E-state index is 12.3. The van der Waals surface area contributed by atoms with Gasteiger partial charge in [-0.25, -0.2) is 0 Å². The number of halogens is 1. The van der Waals surface area contributed by atoms with Crippen LogP contribution in [0.5, 0.6) is 5.75 Å². The highest BCUT2D eigenvalue weighted by atomic mass is 35.5. The van der Waals surface area contributed by atoms with Gasteiger partial charge in [-0.2, -0.15) is 0 Å². The molecule has 0 aliphatic rings. The van der Waals surface area contributed by atoms with E-state index >= 15 is 0 Å². The van der Waals surface area contributed by atoms with Gasteiger partial charge in [0, 0.05) is 16.1 Å². The number of rotatable bonds is 7. The number of benzene rings is 2. The Morgan fingerprint density at radius 1 is 1.07 bits per heavy atom. The first-order chi connectivity index (χ1) is 14.0. The maximum Gasteiger partial charge on any atom is 0.257 e. The Morgan fingerprint density at radius 3 is 2.48 bits per heavy atom. The van der Waals surface area contributed by atoms with Crippen LogP contribution >= 0.6 is 23.8 Å². The molecule has 0 bridgehead atoms. The number of hydrogen-bond donors (Lipinski definition) is 2. The summed E-state index contributed by atoms with van der Waals surface area (Å²) in [4.78, 5) is 12.3. The lowest BCUT2D eigenvalue weighted by Gasteiger charge is -2.09. The molecule has 0 atom stereocenters. The standard InChI is InChI=1S/C22H21ClN2O3S/c1-2-13-27-18-9-5-16(6-10-18)21(26)25-22(29)24-14-19-11-12-20(28-19)15-3-7-17(23)8-4-15/h3-12H,2,13-14H2,1H3,(H2,24,25,26,29). The minimum atomic E-state index is -0.286. The van der Waals surface area contributed by atoms with Crippen LogP contribution in [-0.2, 0) is 6.54 Å². The normalized spacial score (nSPS) is 10.4. The van der Waals surface area contributed by atoms with Crippen molar-refractivity contribution < 1.29 is 13.9 Å². The van der Waals surface area contributed by atoms with Gasteiger partial charge in [0.15, 0.2) is 5.11 Å². The lowest BCUT2D eigenvalue weighted by Crippen LogP contribution is -2.38. The Balaban J connectivity index is 1.49. The van der Waals surface area contributed by atoms with Crippen LogP contribution in [0.2, 0.25) is 5.02 Å². The quantitative estimate of drug-likeness (QED) is 0.507. The summed E-state index contributed by atoms with van der Waals surface area (Å²) in [5, 5.41) is 6.53. The zero-order valence-electron chi connectivity index (χ0n) is 15.9. The third-order valence-corrected chi connectivity index (χ3v) is 4.53. The Kier molecular flexibility index (Phi) is 7.27. The molecule has 0 saturated carbocycles. The third-order valence-electron chi connectivity index (χ3n) is 4.03. The second kappa shape index (κ2) is 10.1. The van der Waals surface area contributed by atoms with Crippen molar-refractivity contribution in [2.24, 2.45) is 0 Å². The number of carbonyl (C=O) groups is 1. The van der Waals surface area contributed by atoms with E-state index in [1.807, 2.05) is 43.3 Å². The summed E-state index contributed by atoms with van der Waals surface area (Å²) < 4.78 is 11.3. The molecule has 1 aromatic heterocycles. The minimum Gasteiger partial charge on any atom is -0.494 e. The largest absolute Gasteiger partial charge is 0.494 e. The number of furan rings is 1. The van der Waals surface area contributed by atoms with E-state index in [1.165, 1.54) is 0 Å². The van der Waals surface area contributed by atoms with Crippen molar-refractivity contribution in [3.05, 3.63) is 77.0 Å². The molecule has 2 N–H and O–H groups in total. The summed E-state index contributed by atoms with van der Waals surface area (Å²) in [5.41, 5.74) is 1.43. The second-order valence-electron chi connectivity index (χ2n) is 6.28. The van der Waals surface area contributed by atoms with E-state index in [-0.39, 0.29) is 11.0 Å². The van der Waals surface area contributed by atoms with Crippen molar-refractivity contribution in [2.75, 3.05) is 6.61 Å². The molecule has 3 aromatic rings. The van der Waals surface area contributed by atoms with Gasteiger partial charge >= 0.3 is 0 Å². The fraction of sp³-hybridized carbons (Fsp3) is 0.182. The highest BCUT2D eigenvalue weighted by molar-refractivity contribution is 7.80. The first-order valence-electron chi connectivity index (χ1n) is 9.22. The van der Waals surface area contributed by atoms with E-state index in [1.54, 1.807) is 24.3 Å². The lowest BCUT2D eigenvalue weighted by molar-refractivity contribution is 0.0976. The van der Waals surface area contributed by atoms with Crippen LogP contribution in [0, 0.1) is 0 Å². The number of carbonyl (C=O) groups excluding carboxylic acids is 1. The summed E-state index contributed by atoms with van der Waals surface area (Å²) in [6.07, 6.45) is 0.930. The van der Waals surface area contributed by atoms with Gasteiger partial charge in [-0.15, -0.1) is 0 Å². The van der Waals surface area contributed by atoms with Crippen molar-refractivity contribution in [1.82, 2.24) is 10.6 Å². The number of hydrogen-bond acceptors (Lipinski definition) is 4. The van der Waals surface area contributed by atoms with Crippen molar-refractivity contribution in [1.29, 1.82) is 0 Å². The van der Waals surface area contributed by atoms with Crippen molar-refractivity contribution >= 4 is 34.8 Å². The topological polar surface area (TPSA) is 63.5 Å². The maximum atomic E-state index is 12.3. The molecule has 0 saturated heterocycles. The molecule has 0 aliphatic heterocycles. The molecular formula is C22H21ClN2O3S. The average Bonchev–Trinajstić information content (AvgIpc) is 3.20. The predicted molar refractivity (Wildman–Crippen MR) is 118 cm³/mol. The smallest absolute Gasteiger partial charge is 0.257 e. The van der Waals surface area contributed by atoms with E-state index in [0.717, 1.165) is 23.5 Å². The number of nitrogens with one attached hydrogen (secondary N) is 2. The molecule has 1 heterocycles. The van der Waals surface area contributed by atoms with Gasteiger partial charge < -0.3 is 14.5 Å². The van der Waals surface area contributed by atoms with E-state index < -0.39 is 0 Å². The zero-order chi connectivity index (χ0) is 20.6. The van der Waals surface area contributed by atoms with Crippen LogP contribution in [0.1, 0.15) is 29.5 Å². The fourth-order valence-electron chi connectivity index (χ4n) is 2.55. The first-order valence-corrected chi connectivity index (χ1v) is 10.0. The third kappa shape index (κ3) is 6.07. The molecule has 29 heavy (non-hydrogen) atoms. The van der Waals surface area contributed by atoms with Crippen LogP contribution in [0.25, 0.3) is 11.3 Å². The highest BCUT2D eigenvalue weighted by Gasteiger charge is 2.09. The Bertz CT molecular complexity index is 968. The molecule has 2 aromatic carbocycles. The molecule has 3 rings (SSSR count). The van der Waals surface area contributed by atoms with E-state index in [9.17, 15) is 4.79 Å². The molecule has 0 spiro atoms. The summed E-state index contributed by atoms with van der Waals surface area (Å²) in [7, 11) is 0. The van der Waals surface area contributed by atoms with Crippen molar-refractivity contribution in [3.63, 3.8) is 0 Å². The van der Waals surface area contributed by atoms with Crippen LogP contribution in [-0.4, -0.2) is 17.6 Å². The van der Waals surface area contributed by atoms with Gasteiger partial charge in [0.25, 0.3) is 5.91 Å². The predicted octanol–water partition coefficient (Wildman–Crippen LogP) is 5.19. The van der Waals surface area contributed by atoms with Crippen molar-refractivity contribution in [3.8, 4) is 17.1 Å². The Hall–Kier alpha value is -2.83. The summed E-state index contributed by atoms with van der Waals surface area (Å²) in [5.74, 6) is 1.88. The average molecular weight is 429 g/mol. The van der Waals surface area contributed by atoms with Gasteiger partial charge in [0.1, 0.15) is 17.3 Å². The van der Waals surface area contributed by atoms with Crippen LogP contribution in [0.15, 0.2) is 65.1 Å². The number of amides is 1. The molecule has 150 valence electrons. The summed E-state index contributed by atoms with van der Waals surface area (Å²) in [6.45, 7) is 3.04. The molecular weight excluding hydrogens is 408 g/mol. The van der Waals surface area contributed by atoms with E-state index in [2.05, 4.69) is 10.6 Å². The molecule has 0 aliphatic carbocycles. The molecule has 0 radical (unpaired) electrons. The Morgan fingerprint density at radius 2 is 1.79 bits per heavy atom. The van der Waals surface area contributed by atoms with Gasteiger partial charge in [-0.1, -0.05) is 18.5 Å². The van der Waals surface area contributed by atoms with Crippen LogP contribution < -0.4 is 15.4 Å². The lowest BCUT2D eigenvalue weighted by atomic mass is 10.2. The minimum absolute atomic E-state index is 0.228. The first kappa shape index (κ1) is 20.9. The second-order valence-corrected chi connectivity index (χ2v) is 7.13. The van der Waals surface area contributed by atoms with Gasteiger partial charge in [-0.05, 0) is 79.3 Å². The summed E-state index contributed by atoms with van der Waals surface area (Å²) >= 11 is 11.1. The van der Waals surface area contributed by atoms with E-state index in [0.29, 0.717) is 29.5 Å². The fourth-order valence-corrected chi connectivity index (χ4v) is 2.84.